The number of benzene rings is 2. The minimum Gasteiger partial charge on any atom is -0.508 e. The molecule has 1 atom stereocenters. The van der Waals surface area contributed by atoms with Crippen molar-refractivity contribution in [2.45, 2.75) is 38.8 Å². The lowest BCUT2D eigenvalue weighted by atomic mass is 9.80. The number of carbonyl (C=O) groups is 1. The number of likely N-dealkylation sites (tertiary alicyclic amines) is 2. The summed E-state index contributed by atoms with van der Waals surface area (Å²) in [5, 5.41) is 9.59. The van der Waals surface area contributed by atoms with Gasteiger partial charge in [0.05, 0.1) is 0 Å². The lowest BCUT2D eigenvalue weighted by molar-refractivity contribution is -0.139. The third-order valence-electron chi connectivity index (χ3n) is 7.81. The van der Waals surface area contributed by atoms with Gasteiger partial charge in [0.25, 0.3) is 0 Å². The Morgan fingerprint density at radius 1 is 1.00 bits per heavy atom. The highest BCUT2D eigenvalue weighted by Crippen LogP contribution is 2.40. The number of fused-ring (bicyclic) bond motifs is 1. The molecule has 1 unspecified atom stereocenters. The van der Waals surface area contributed by atoms with Gasteiger partial charge in [-0.3, -0.25) is 9.69 Å². The third-order valence-corrected chi connectivity index (χ3v) is 7.81. The van der Waals surface area contributed by atoms with Crippen LogP contribution in [0.15, 0.2) is 48.5 Å². The van der Waals surface area contributed by atoms with E-state index in [0.717, 1.165) is 71.5 Å². The molecular weight excluding hydrogens is 398 g/mol. The van der Waals surface area contributed by atoms with Crippen LogP contribution in [0.5, 0.6) is 5.75 Å². The molecule has 5 heteroatoms. The number of hydrogen-bond donors (Lipinski definition) is 1. The number of aromatic hydroxyl groups is 1. The predicted molar refractivity (Wildman–Crippen MR) is 126 cm³/mol. The van der Waals surface area contributed by atoms with Crippen molar-refractivity contribution in [3.8, 4) is 5.75 Å². The molecule has 2 aromatic carbocycles. The first-order valence-electron chi connectivity index (χ1n) is 12.0. The van der Waals surface area contributed by atoms with Crippen molar-refractivity contribution in [1.29, 1.82) is 0 Å². The molecule has 170 valence electrons. The molecule has 2 aromatic rings. The summed E-state index contributed by atoms with van der Waals surface area (Å²) in [6.45, 7) is 6.62. The molecule has 2 saturated heterocycles. The molecular formula is C27H35N3O2. The molecule has 0 bridgehead atoms. The highest BCUT2D eigenvalue weighted by atomic mass is 16.3. The fourth-order valence-electron chi connectivity index (χ4n) is 5.98. The number of amides is 1. The normalized spacial score (nSPS) is 25.1. The predicted octanol–water partition coefficient (Wildman–Crippen LogP) is 3.51. The molecule has 2 fully saturated rings. The number of carbonyl (C=O) groups excluding carboxylic acids is 1. The number of rotatable bonds is 3. The first kappa shape index (κ1) is 21.5. The van der Waals surface area contributed by atoms with Gasteiger partial charge in [0.1, 0.15) is 5.75 Å². The smallest absolute Gasteiger partial charge is 0.226 e. The molecule has 0 aliphatic carbocycles. The van der Waals surface area contributed by atoms with Gasteiger partial charge in [0.2, 0.25) is 5.91 Å². The molecule has 5 nitrogen and oxygen atoms in total. The van der Waals surface area contributed by atoms with Crippen molar-refractivity contribution in [2.24, 2.45) is 11.3 Å². The molecule has 0 saturated carbocycles. The summed E-state index contributed by atoms with van der Waals surface area (Å²) in [6, 6.07) is 16.3. The van der Waals surface area contributed by atoms with E-state index in [2.05, 4.69) is 46.0 Å². The Kier molecular flexibility index (Phi) is 5.95. The van der Waals surface area contributed by atoms with E-state index in [9.17, 15) is 9.90 Å². The molecule has 3 aliphatic heterocycles. The number of piperidine rings is 1. The molecule has 3 aliphatic rings. The first-order chi connectivity index (χ1) is 15.5. The van der Waals surface area contributed by atoms with Gasteiger partial charge in [-0.15, -0.1) is 0 Å². The molecule has 1 amide bonds. The SMILES string of the molecule is CN1CCC(C(=O)N2Cc3ccccc3CC3(CCN(Cc4ccc(O)cc4)C3)C2)CC1. The summed E-state index contributed by atoms with van der Waals surface area (Å²) < 4.78 is 0. The maximum Gasteiger partial charge on any atom is 0.226 e. The van der Waals surface area contributed by atoms with E-state index in [4.69, 9.17) is 0 Å². The van der Waals surface area contributed by atoms with Gasteiger partial charge in [-0.25, -0.2) is 0 Å². The van der Waals surface area contributed by atoms with E-state index in [-0.39, 0.29) is 11.3 Å². The zero-order valence-electron chi connectivity index (χ0n) is 19.2. The highest BCUT2D eigenvalue weighted by molar-refractivity contribution is 5.79. The monoisotopic (exact) mass is 433 g/mol. The van der Waals surface area contributed by atoms with Crippen LogP contribution in [-0.2, 0) is 24.3 Å². The number of hydrogen-bond acceptors (Lipinski definition) is 4. The molecule has 0 aromatic heterocycles. The zero-order valence-corrected chi connectivity index (χ0v) is 19.2. The standard InChI is InChI=1S/C27H35N3O2/c1-28-13-10-22(11-14-28)26(32)30-18-24-5-3-2-4-23(24)16-27(20-30)12-15-29(19-27)17-21-6-8-25(31)9-7-21/h2-9,22,31H,10-20H2,1H3. The molecule has 32 heavy (non-hydrogen) atoms. The summed E-state index contributed by atoms with van der Waals surface area (Å²) in [4.78, 5) is 20.7. The minimum atomic E-state index is 0.116. The third kappa shape index (κ3) is 4.55. The summed E-state index contributed by atoms with van der Waals surface area (Å²) in [6.07, 6.45) is 4.13. The van der Waals surface area contributed by atoms with Crippen LogP contribution in [0.25, 0.3) is 0 Å². The van der Waals surface area contributed by atoms with Gasteiger partial charge >= 0.3 is 0 Å². The van der Waals surface area contributed by atoms with Crippen LogP contribution >= 0.6 is 0 Å². The number of phenolic OH excluding ortho intramolecular Hbond substituents is 1. The zero-order chi connectivity index (χ0) is 22.1. The van der Waals surface area contributed by atoms with E-state index in [1.165, 1.54) is 16.7 Å². The van der Waals surface area contributed by atoms with Gasteiger partial charge in [-0.2, -0.15) is 0 Å². The van der Waals surface area contributed by atoms with Gasteiger partial charge in [0.15, 0.2) is 0 Å². The van der Waals surface area contributed by atoms with Crippen LogP contribution < -0.4 is 0 Å². The Morgan fingerprint density at radius 2 is 1.72 bits per heavy atom. The van der Waals surface area contributed by atoms with Crippen LogP contribution in [0.4, 0.5) is 0 Å². The van der Waals surface area contributed by atoms with Gasteiger partial charge in [0, 0.05) is 37.5 Å². The number of phenols is 1. The Morgan fingerprint density at radius 3 is 2.47 bits per heavy atom. The summed E-state index contributed by atoms with van der Waals surface area (Å²) >= 11 is 0. The van der Waals surface area contributed by atoms with E-state index in [1.54, 1.807) is 12.1 Å². The van der Waals surface area contributed by atoms with Crippen LogP contribution in [0.3, 0.4) is 0 Å². The van der Waals surface area contributed by atoms with Crippen LogP contribution in [0.2, 0.25) is 0 Å². The van der Waals surface area contributed by atoms with E-state index < -0.39 is 0 Å². The van der Waals surface area contributed by atoms with Crippen LogP contribution in [0, 0.1) is 11.3 Å². The second-order valence-corrected chi connectivity index (χ2v) is 10.3. The van der Waals surface area contributed by atoms with Crippen molar-refractivity contribution < 1.29 is 9.90 Å². The molecule has 0 radical (unpaired) electrons. The molecule has 1 spiro atoms. The van der Waals surface area contributed by atoms with Gasteiger partial charge in [-0.05, 0) is 81.2 Å². The first-order valence-corrected chi connectivity index (χ1v) is 12.0. The van der Waals surface area contributed by atoms with E-state index in [0.29, 0.717) is 11.7 Å². The Hall–Kier alpha value is -2.37. The van der Waals surface area contributed by atoms with Crippen molar-refractivity contribution in [3.63, 3.8) is 0 Å². The lowest BCUT2D eigenvalue weighted by Gasteiger charge is -2.36. The Labute approximate surface area is 191 Å². The minimum absolute atomic E-state index is 0.116. The maximum absolute atomic E-state index is 13.6. The quantitative estimate of drug-likeness (QED) is 0.805. The molecule has 5 rings (SSSR count). The lowest BCUT2D eigenvalue weighted by Crippen LogP contribution is -2.46. The molecule has 1 N–H and O–H groups in total. The fourth-order valence-corrected chi connectivity index (χ4v) is 5.98. The van der Waals surface area contributed by atoms with E-state index >= 15 is 0 Å². The number of nitrogens with zero attached hydrogens (tertiary/aromatic N) is 3. The average Bonchev–Trinajstić information content (AvgIpc) is 3.09. The fraction of sp³-hybridized carbons (Fsp3) is 0.519. The van der Waals surface area contributed by atoms with Crippen molar-refractivity contribution in [1.82, 2.24) is 14.7 Å². The van der Waals surface area contributed by atoms with Crippen LogP contribution in [0.1, 0.15) is 36.0 Å². The average molecular weight is 434 g/mol. The topological polar surface area (TPSA) is 47.0 Å². The van der Waals surface area contributed by atoms with Crippen molar-refractivity contribution in [3.05, 3.63) is 65.2 Å². The van der Waals surface area contributed by atoms with Gasteiger partial charge in [-0.1, -0.05) is 36.4 Å². The largest absolute Gasteiger partial charge is 0.508 e. The highest BCUT2D eigenvalue weighted by Gasteiger charge is 2.43. The summed E-state index contributed by atoms with van der Waals surface area (Å²) in [5.41, 5.74) is 4.08. The van der Waals surface area contributed by atoms with Crippen LogP contribution in [-0.4, -0.2) is 65.5 Å². The van der Waals surface area contributed by atoms with Crippen molar-refractivity contribution >= 4 is 5.91 Å². The van der Waals surface area contributed by atoms with Crippen molar-refractivity contribution in [2.75, 3.05) is 39.8 Å². The van der Waals surface area contributed by atoms with Gasteiger partial charge < -0.3 is 14.9 Å². The maximum atomic E-state index is 13.6. The summed E-state index contributed by atoms with van der Waals surface area (Å²) in [7, 11) is 2.15. The van der Waals surface area contributed by atoms with E-state index in [1.807, 2.05) is 12.1 Å². The second-order valence-electron chi connectivity index (χ2n) is 10.3. The Bertz CT molecular complexity index is 952. The molecule has 3 heterocycles. The Balaban J connectivity index is 1.36. The summed E-state index contributed by atoms with van der Waals surface area (Å²) in [5.74, 6) is 0.851. The second kappa shape index (κ2) is 8.87.